The molecule has 0 radical (unpaired) electrons. The molecule has 1 fully saturated rings. The molecule has 1 aliphatic rings. The number of nitrogens with one attached hydrogen (secondary N) is 1. The van der Waals surface area contributed by atoms with Crippen LogP contribution in [0.1, 0.15) is 29.1 Å². The average Bonchev–Trinajstić information content (AvgIpc) is 2.90. The lowest BCUT2D eigenvalue weighted by molar-refractivity contribution is 0.0661. The fourth-order valence-electron chi connectivity index (χ4n) is 2.92. The van der Waals surface area contributed by atoms with Gasteiger partial charge in [0, 0.05) is 24.8 Å². The van der Waals surface area contributed by atoms with E-state index in [1.807, 2.05) is 31.0 Å². The zero-order chi connectivity index (χ0) is 14.8. The molecule has 0 atom stereocenters. The lowest BCUT2D eigenvalue weighted by atomic mass is 9.97. The van der Waals surface area contributed by atoms with Crippen molar-refractivity contribution in [3.63, 3.8) is 0 Å². The molecule has 2 aromatic rings. The first-order valence-electron chi connectivity index (χ1n) is 7.48. The van der Waals surface area contributed by atoms with E-state index in [1.165, 1.54) is 0 Å². The Hall–Kier alpha value is -1.30. The number of carbonyl (C=O) groups is 1. The number of piperidine rings is 1. The number of nitrogens with zero attached hydrogens (tertiary/aromatic N) is 2. The molecule has 1 N–H and O–H groups in total. The molecule has 0 bridgehead atoms. The Labute approximate surface area is 148 Å². The molecule has 0 aromatic carbocycles. The quantitative estimate of drug-likeness (QED) is 0.914. The van der Waals surface area contributed by atoms with Crippen molar-refractivity contribution in [2.75, 3.05) is 26.7 Å². The molecule has 1 amide bonds. The Morgan fingerprint density at radius 1 is 1.35 bits per heavy atom. The van der Waals surface area contributed by atoms with Gasteiger partial charge in [0.25, 0.3) is 5.91 Å². The zero-order valence-corrected chi connectivity index (χ0v) is 15.0. The number of halogens is 2. The van der Waals surface area contributed by atoms with Crippen molar-refractivity contribution in [2.24, 2.45) is 5.92 Å². The highest BCUT2D eigenvalue weighted by molar-refractivity contribution is 5.95. The van der Waals surface area contributed by atoms with Crippen LogP contribution in [0.15, 0.2) is 22.6 Å². The lowest BCUT2D eigenvalue weighted by Gasteiger charge is -2.31. The molecular weight excluding hydrogens is 337 g/mol. The predicted molar refractivity (Wildman–Crippen MR) is 95.8 cm³/mol. The molecule has 0 saturated carbocycles. The Balaban J connectivity index is 0.00000132. The Kier molecular flexibility index (Phi) is 7.32. The minimum Gasteiger partial charge on any atom is -0.449 e. The maximum Gasteiger partial charge on any atom is 0.289 e. The number of hydrogen-bond acceptors (Lipinski definition) is 4. The molecule has 2 aromatic heterocycles. The molecule has 5 nitrogen and oxygen atoms in total. The van der Waals surface area contributed by atoms with Crippen LogP contribution in [0.3, 0.4) is 0 Å². The van der Waals surface area contributed by atoms with E-state index >= 15 is 0 Å². The van der Waals surface area contributed by atoms with Gasteiger partial charge in [0.1, 0.15) is 5.52 Å². The van der Waals surface area contributed by atoms with Gasteiger partial charge in [0.15, 0.2) is 11.3 Å². The summed E-state index contributed by atoms with van der Waals surface area (Å²) in [5.41, 5.74) is 2.35. The van der Waals surface area contributed by atoms with Gasteiger partial charge in [-0.25, -0.2) is 4.98 Å². The second-order valence-corrected chi connectivity index (χ2v) is 5.74. The van der Waals surface area contributed by atoms with Crippen molar-refractivity contribution < 1.29 is 9.21 Å². The van der Waals surface area contributed by atoms with E-state index in [4.69, 9.17) is 4.42 Å². The van der Waals surface area contributed by atoms with Crippen molar-refractivity contribution in [3.8, 4) is 0 Å². The number of hydrogen-bond donors (Lipinski definition) is 1. The standard InChI is InChI=1S/C16H21N3O2.2ClH/c1-11-3-4-14-13(18-11)9-15(21-14)16(20)19-7-5-12(6-8-19)10-17-2;;/h3-4,9,12,17H,5-8,10H2,1-2H3;2*1H. The van der Waals surface area contributed by atoms with Crippen LogP contribution in [0.4, 0.5) is 0 Å². The van der Waals surface area contributed by atoms with Gasteiger partial charge in [-0.15, -0.1) is 24.8 Å². The number of carbonyl (C=O) groups excluding carboxylic acids is 1. The van der Waals surface area contributed by atoms with Gasteiger partial charge in [0.2, 0.25) is 0 Å². The van der Waals surface area contributed by atoms with E-state index in [9.17, 15) is 4.79 Å². The fourth-order valence-corrected chi connectivity index (χ4v) is 2.92. The SMILES string of the molecule is CNCC1CCN(C(=O)c2cc3nc(C)ccc3o2)CC1.Cl.Cl. The smallest absolute Gasteiger partial charge is 0.289 e. The first-order chi connectivity index (χ1) is 10.2. The van der Waals surface area contributed by atoms with Crippen LogP contribution < -0.4 is 5.32 Å². The van der Waals surface area contributed by atoms with Gasteiger partial charge in [-0.3, -0.25) is 4.79 Å². The second kappa shape index (κ2) is 8.52. The van der Waals surface area contributed by atoms with Gasteiger partial charge >= 0.3 is 0 Å². The van der Waals surface area contributed by atoms with Gasteiger partial charge < -0.3 is 14.6 Å². The number of likely N-dealkylation sites (tertiary alicyclic amines) is 1. The van der Waals surface area contributed by atoms with Crippen LogP contribution in [0.25, 0.3) is 11.1 Å². The normalized spacial score (nSPS) is 15.1. The molecule has 23 heavy (non-hydrogen) atoms. The van der Waals surface area contributed by atoms with E-state index in [0.29, 0.717) is 17.3 Å². The van der Waals surface area contributed by atoms with Crippen LogP contribution in [0.2, 0.25) is 0 Å². The molecule has 7 heteroatoms. The summed E-state index contributed by atoms with van der Waals surface area (Å²) >= 11 is 0. The van der Waals surface area contributed by atoms with Crippen LogP contribution in [0.5, 0.6) is 0 Å². The molecule has 3 rings (SSSR count). The molecule has 1 aliphatic heterocycles. The lowest BCUT2D eigenvalue weighted by Crippen LogP contribution is -2.40. The molecule has 128 valence electrons. The largest absolute Gasteiger partial charge is 0.449 e. The van der Waals surface area contributed by atoms with Crippen molar-refractivity contribution >= 4 is 41.8 Å². The highest BCUT2D eigenvalue weighted by Crippen LogP contribution is 2.22. The Morgan fingerprint density at radius 3 is 2.70 bits per heavy atom. The predicted octanol–water partition coefficient (Wildman–Crippen LogP) is 3.05. The van der Waals surface area contributed by atoms with E-state index in [1.54, 1.807) is 6.07 Å². The molecular formula is C16H23Cl2N3O2. The minimum absolute atomic E-state index is 0. The van der Waals surface area contributed by atoms with Crippen LogP contribution in [-0.4, -0.2) is 42.5 Å². The van der Waals surface area contributed by atoms with Crippen molar-refractivity contribution in [1.82, 2.24) is 15.2 Å². The summed E-state index contributed by atoms with van der Waals surface area (Å²) in [6.45, 7) is 4.56. The maximum absolute atomic E-state index is 12.5. The Morgan fingerprint density at radius 2 is 2.04 bits per heavy atom. The number of rotatable bonds is 3. The number of pyridine rings is 1. The summed E-state index contributed by atoms with van der Waals surface area (Å²) in [7, 11) is 1.97. The fraction of sp³-hybridized carbons (Fsp3) is 0.500. The monoisotopic (exact) mass is 359 g/mol. The second-order valence-electron chi connectivity index (χ2n) is 5.74. The Bertz CT molecular complexity index is 652. The summed E-state index contributed by atoms with van der Waals surface area (Å²) in [6.07, 6.45) is 2.09. The van der Waals surface area contributed by atoms with E-state index < -0.39 is 0 Å². The number of amides is 1. The number of aromatic nitrogens is 1. The van der Waals surface area contributed by atoms with Crippen molar-refractivity contribution in [2.45, 2.75) is 19.8 Å². The summed E-state index contributed by atoms with van der Waals surface area (Å²) < 4.78 is 5.65. The maximum atomic E-state index is 12.5. The van der Waals surface area contributed by atoms with Gasteiger partial charge in [-0.2, -0.15) is 0 Å². The highest BCUT2D eigenvalue weighted by atomic mass is 35.5. The highest BCUT2D eigenvalue weighted by Gasteiger charge is 2.25. The first-order valence-corrected chi connectivity index (χ1v) is 7.48. The number of furan rings is 1. The van der Waals surface area contributed by atoms with Crippen LogP contribution in [0, 0.1) is 12.8 Å². The third-order valence-electron chi connectivity index (χ3n) is 4.12. The van der Waals surface area contributed by atoms with E-state index in [0.717, 1.165) is 43.7 Å². The summed E-state index contributed by atoms with van der Waals surface area (Å²) in [4.78, 5) is 18.8. The van der Waals surface area contributed by atoms with E-state index in [2.05, 4.69) is 10.3 Å². The molecule has 1 saturated heterocycles. The number of fused-ring (bicyclic) bond motifs is 1. The topological polar surface area (TPSA) is 58.4 Å². The van der Waals surface area contributed by atoms with Crippen LogP contribution >= 0.6 is 24.8 Å². The average molecular weight is 360 g/mol. The third-order valence-corrected chi connectivity index (χ3v) is 4.12. The molecule has 3 heterocycles. The first kappa shape index (κ1) is 19.7. The minimum atomic E-state index is -0.0199. The molecule has 0 spiro atoms. The van der Waals surface area contributed by atoms with Crippen LogP contribution in [-0.2, 0) is 0 Å². The van der Waals surface area contributed by atoms with Crippen molar-refractivity contribution in [3.05, 3.63) is 29.7 Å². The zero-order valence-electron chi connectivity index (χ0n) is 13.4. The summed E-state index contributed by atoms with van der Waals surface area (Å²) in [5.74, 6) is 1.04. The van der Waals surface area contributed by atoms with Gasteiger partial charge in [0.05, 0.1) is 0 Å². The molecule has 0 unspecified atom stereocenters. The van der Waals surface area contributed by atoms with Gasteiger partial charge in [-0.1, -0.05) is 0 Å². The third kappa shape index (κ3) is 4.37. The summed E-state index contributed by atoms with van der Waals surface area (Å²) in [6, 6.07) is 5.52. The van der Waals surface area contributed by atoms with E-state index in [-0.39, 0.29) is 30.7 Å². The molecule has 0 aliphatic carbocycles. The van der Waals surface area contributed by atoms with Gasteiger partial charge in [-0.05, 0) is 51.4 Å². The summed E-state index contributed by atoms with van der Waals surface area (Å²) in [5, 5.41) is 3.21. The number of aryl methyl sites for hydroxylation is 1. The van der Waals surface area contributed by atoms with Crippen molar-refractivity contribution in [1.29, 1.82) is 0 Å².